The number of furan rings is 1. The maximum Gasteiger partial charge on any atom is 0.122 e. The molecule has 0 aliphatic carbocycles. The average molecular weight is 319 g/mol. The van der Waals surface area contributed by atoms with Crippen LogP contribution < -0.4 is 4.74 Å². The molecule has 4 heteroatoms. The van der Waals surface area contributed by atoms with Gasteiger partial charge >= 0.3 is 0 Å². The van der Waals surface area contributed by atoms with Gasteiger partial charge in [-0.1, -0.05) is 12.1 Å². The van der Waals surface area contributed by atoms with Crippen LogP contribution in [0.25, 0.3) is 0 Å². The molecule has 0 N–H and O–H groups in total. The number of ether oxygens (including phenoxy) is 1. The first-order valence-corrected chi connectivity index (χ1v) is 8.75. The molecule has 1 aromatic heterocycles. The molecule has 0 aliphatic heterocycles. The molecule has 0 fully saturated rings. The average Bonchev–Trinajstić information content (AvgIpc) is 3.00. The summed E-state index contributed by atoms with van der Waals surface area (Å²) in [5, 5.41) is 0. The van der Waals surface area contributed by atoms with E-state index >= 15 is 0 Å². The Bertz CT molecular complexity index is 552. The van der Waals surface area contributed by atoms with Crippen LogP contribution in [0, 0.1) is 0 Å². The molecule has 3 nitrogen and oxygen atoms in total. The van der Waals surface area contributed by atoms with Crippen LogP contribution in [0.1, 0.15) is 23.3 Å². The SMILES string of the molecule is COc1ccc(CCCN(C)C)cc1CSCc1ccco1. The van der Waals surface area contributed by atoms with E-state index in [0.29, 0.717) is 0 Å². The number of hydrogen-bond acceptors (Lipinski definition) is 4. The molecule has 0 aliphatic rings. The standard InChI is InChI=1S/C18H25NO2S/c1-19(2)10-4-6-15-8-9-18(20-3)16(12-15)13-22-14-17-7-5-11-21-17/h5,7-9,11-12H,4,6,10,13-14H2,1-3H3. The molecular formula is C18H25NO2S. The molecule has 1 heterocycles. The van der Waals surface area contributed by atoms with Gasteiger partial charge in [-0.2, -0.15) is 0 Å². The van der Waals surface area contributed by atoms with Crippen LogP contribution >= 0.6 is 11.8 Å². The molecule has 0 saturated carbocycles. The van der Waals surface area contributed by atoms with Gasteiger partial charge in [0, 0.05) is 11.3 Å². The second-order valence-corrected chi connectivity index (χ2v) is 6.61. The van der Waals surface area contributed by atoms with Crippen molar-refractivity contribution in [3.8, 4) is 5.75 Å². The summed E-state index contributed by atoms with van der Waals surface area (Å²) in [7, 11) is 5.97. The number of thioether (sulfide) groups is 1. The highest BCUT2D eigenvalue weighted by Gasteiger charge is 2.06. The number of benzene rings is 1. The van der Waals surface area contributed by atoms with E-state index in [1.165, 1.54) is 17.5 Å². The highest BCUT2D eigenvalue weighted by Crippen LogP contribution is 2.27. The summed E-state index contributed by atoms with van der Waals surface area (Å²) < 4.78 is 10.9. The predicted octanol–water partition coefficient (Wildman–Crippen LogP) is 4.22. The summed E-state index contributed by atoms with van der Waals surface area (Å²) in [6, 6.07) is 10.5. The molecule has 2 aromatic rings. The highest BCUT2D eigenvalue weighted by atomic mass is 32.2. The minimum Gasteiger partial charge on any atom is -0.496 e. The maximum atomic E-state index is 5.49. The van der Waals surface area contributed by atoms with E-state index in [2.05, 4.69) is 37.2 Å². The van der Waals surface area contributed by atoms with Crippen molar-refractivity contribution < 1.29 is 9.15 Å². The van der Waals surface area contributed by atoms with Crippen LogP contribution in [0.4, 0.5) is 0 Å². The smallest absolute Gasteiger partial charge is 0.122 e. The van der Waals surface area contributed by atoms with Crippen molar-refractivity contribution in [1.29, 1.82) is 0 Å². The minimum atomic E-state index is 0.890. The number of nitrogens with zero attached hydrogens (tertiary/aromatic N) is 1. The van der Waals surface area contributed by atoms with Crippen LogP contribution in [-0.2, 0) is 17.9 Å². The lowest BCUT2D eigenvalue weighted by atomic mass is 10.1. The second kappa shape index (κ2) is 8.91. The van der Waals surface area contributed by atoms with Gasteiger partial charge in [0.25, 0.3) is 0 Å². The van der Waals surface area contributed by atoms with E-state index in [-0.39, 0.29) is 0 Å². The molecule has 0 amide bonds. The van der Waals surface area contributed by atoms with E-state index < -0.39 is 0 Å². The summed E-state index contributed by atoms with van der Waals surface area (Å²) in [6.45, 7) is 1.12. The van der Waals surface area contributed by atoms with E-state index in [9.17, 15) is 0 Å². The lowest BCUT2D eigenvalue weighted by molar-refractivity contribution is 0.399. The Hall–Kier alpha value is -1.39. The summed E-state index contributed by atoms with van der Waals surface area (Å²) in [6.07, 6.45) is 4.01. The first kappa shape index (κ1) is 17.0. The molecule has 1 aromatic carbocycles. The Labute approximate surface area is 137 Å². The number of rotatable bonds is 9. The fourth-order valence-corrected chi connectivity index (χ4v) is 3.27. The summed E-state index contributed by atoms with van der Waals surface area (Å²) in [4.78, 5) is 2.23. The third-order valence-electron chi connectivity index (χ3n) is 3.50. The third-order valence-corrected chi connectivity index (χ3v) is 4.50. The molecule has 0 atom stereocenters. The third kappa shape index (κ3) is 5.43. The van der Waals surface area contributed by atoms with Crippen LogP contribution in [-0.4, -0.2) is 32.6 Å². The normalized spacial score (nSPS) is 11.1. The van der Waals surface area contributed by atoms with Gasteiger partial charge in [-0.3, -0.25) is 0 Å². The molecule has 0 radical (unpaired) electrons. The molecule has 0 unspecified atom stereocenters. The van der Waals surface area contributed by atoms with Gasteiger partial charge in [-0.15, -0.1) is 11.8 Å². The largest absolute Gasteiger partial charge is 0.496 e. The Morgan fingerprint density at radius 2 is 2.05 bits per heavy atom. The van der Waals surface area contributed by atoms with Gasteiger partial charge in [0.15, 0.2) is 0 Å². The van der Waals surface area contributed by atoms with E-state index in [1.54, 1.807) is 13.4 Å². The van der Waals surface area contributed by atoms with Crippen molar-refractivity contribution in [2.24, 2.45) is 0 Å². The predicted molar refractivity (Wildman–Crippen MR) is 93.6 cm³/mol. The number of hydrogen-bond donors (Lipinski definition) is 0. The fraction of sp³-hybridized carbons (Fsp3) is 0.444. The molecule has 120 valence electrons. The molecule has 0 spiro atoms. The zero-order chi connectivity index (χ0) is 15.8. The summed E-state index contributed by atoms with van der Waals surface area (Å²) in [5.74, 6) is 3.82. The van der Waals surface area contributed by atoms with Gasteiger partial charge in [0.2, 0.25) is 0 Å². The number of methoxy groups -OCH3 is 1. The van der Waals surface area contributed by atoms with E-state index in [4.69, 9.17) is 9.15 Å². The Morgan fingerprint density at radius 1 is 1.18 bits per heavy atom. The monoisotopic (exact) mass is 319 g/mol. The lowest BCUT2D eigenvalue weighted by Gasteiger charge is -2.12. The topological polar surface area (TPSA) is 25.6 Å². The quantitative estimate of drug-likeness (QED) is 0.691. The van der Waals surface area contributed by atoms with Crippen molar-refractivity contribution in [3.05, 3.63) is 53.5 Å². The first-order chi connectivity index (χ1) is 10.7. The molecule has 0 saturated heterocycles. The first-order valence-electron chi connectivity index (χ1n) is 7.59. The summed E-state index contributed by atoms with van der Waals surface area (Å²) in [5.41, 5.74) is 2.65. The van der Waals surface area contributed by atoms with Gasteiger partial charge in [0.1, 0.15) is 11.5 Å². The Morgan fingerprint density at radius 3 is 2.73 bits per heavy atom. The van der Waals surface area contributed by atoms with Crippen molar-refractivity contribution >= 4 is 11.8 Å². The highest BCUT2D eigenvalue weighted by molar-refractivity contribution is 7.97. The maximum absolute atomic E-state index is 5.49. The van der Waals surface area contributed by atoms with Crippen LogP contribution in [0.5, 0.6) is 5.75 Å². The molecule has 22 heavy (non-hydrogen) atoms. The van der Waals surface area contributed by atoms with E-state index in [1.807, 2.05) is 23.9 Å². The van der Waals surface area contributed by atoms with Crippen LogP contribution in [0.3, 0.4) is 0 Å². The van der Waals surface area contributed by atoms with Crippen molar-refractivity contribution in [2.45, 2.75) is 24.3 Å². The zero-order valence-corrected chi connectivity index (χ0v) is 14.5. The van der Waals surface area contributed by atoms with Gasteiger partial charge in [-0.05, 0) is 57.2 Å². The Kier molecular flexibility index (Phi) is 6.87. The summed E-state index contributed by atoms with van der Waals surface area (Å²) >= 11 is 1.85. The van der Waals surface area contributed by atoms with Gasteiger partial charge in [-0.25, -0.2) is 0 Å². The fourth-order valence-electron chi connectivity index (χ4n) is 2.36. The molecule has 2 rings (SSSR count). The molecular weight excluding hydrogens is 294 g/mol. The Balaban J connectivity index is 1.91. The number of aryl methyl sites for hydroxylation is 1. The molecule has 0 bridgehead atoms. The van der Waals surface area contributed by atoms with Gasteiger partial charge in [0.05, 0.1) is 19.1 Å². The van der Waals surface area contributed by atoms with Crippen molar-refractivity contribution in [2.75, 3.05) is 27.7 Å². The van der Waals surface area contributed by atoms with Crippen LogP contribution in [0.15, 0.2) is 41.0 Å². The van der Waals surface area contributed by atoms with Gasteiger partial charge < -0.3 is 14.1 Å². The minimum absolute atomic E-state index is 0.890. The zero-order valence-electron chi connectivity index (χ0n) is 13.7. The second-order valence-electron chi connectivity index (χ2n) is 5.63. The van der Waals surface area contributed by atoms with E-state index in [0.717, 1.165) is 36.0 Å². The van der Waals surface area contributed by atoms with Crippen molar-refractivity contribution in [1.82, 2.24) is 4.90 Å². The van der Waals surface area contributed by atoms with Crippen LogP contribution in [0.2, 0.25) is 0 Å². The van der Waals surface area contributed by atoms with Crippen molar-refractivity contribution in [3.63, 3.8) is 0 Å². The lowest BCUT2D eigenvalue weighted by Crippen LogP contribution is -2.13.